The first-order valence-electron chi connectivity index (χ1n) is 38.0. The quantitative estimate of drug-likeness (QED) is 0.0274. The van der Waals surface area contributed by atoms with Crippen LogP contribution in [-0.4, -0.2) is 271 Å². The minimum atomic E-state index is -2.03. The van der Waals surface area contributed by atoms with Crippen molar-refractivity contribution in [2.45, 2.75) is 236 Å². The van der Waals surface area contributed by atoms with E-state index >= 15 is 0 Å². The van der Waals surface area contributed by atoms with Crippen molar-refractivity contribution in [3.05, 3.63) is 36.0 Å². The van der Waals surface area contributed by atoms with Crippen LogP contribution in [0.2, 0.25) is 0 Å². The number of benzene rings is 1. The molecule has 2 aromatic rings. The standard InChI is InChI=1S/C73H117N19O23S3/c1-33(2)24-41(74)61(102)81-44(17-19-57(99)100)64(105)90-52(32-116)70(111)84-46(21-23-118-11)66(107)92-59(38(9)94)71(112)88-48(27-39-30-78-42-15-13-12-14-40(39)42)67(108)87-49(28-54(76)96)68(109)82-43(16-18-53(75)95)63(104)83-45(20-22-117-10)65(106)86-50(29-55(77)97)69(110)85-47(25-34(3)4)62(103)79-31-56(98)80-36(7)60(101)91-58(37(8)93)72(113)89-51(73(114)115)26-35(5)6/h12-15,30,33-38,41,43-52,58-59,78,93-94,116H,16-29,31-32,74H2,1-11H3,(H2,75,95)(H2,76,96)(H2,77,97)(H,79,103)(H,80,98)(H,81,102)(H,82,109)(H,83,104)(H,84,111)(H,85,110)(H,86,106)(H,87,108)(H,88,112)(H,89,113)(H,90,105)(H,91,101)(H,92,107)(H,99,100)(H,114,115)/t36-,37+,38+,41-,43-,44-,45-,46-,47-,48-,49-,50-,51-,52-,58-,59-/m0/s1. The Balaban J connectivity index is 2.51. The number of aromatic nitrogens is 1. The summed E-state index contributed by atoms with van der Waals surface area (Å²) in [5.74, 6) is -21.7. The molecule has 45 heteroatoms. The lowest BCUT2D eigenvalue weighted by atomic mass is 10.0. The van der Waals surface area contributed by atoms with Gasteiger partial charge in [-0.25, -0.2) is 4.79 Å². The van der Waals surface area contributed by atoms with Gasteiger partial charge in [-0.15, -0.1) is 0 Å². The maximum Gasteiger partial charge on any atom is 0.326 e. The summed E-state index contributed by atoms with van der Waals surface area (Å²) in [6.45, 7) is 13.0. The Morgan fingerprint density at radius 2 is 0.805 bits per heavy atom. The molecule has 660 valence electrons. The van der Waals surface area contributed by atoms with Crippen molar-refractivity contribution >= 4 is 159 Å². The predicted octanol–water partition coefficient (Wildman–Crippen LogP) is -6.22. The summed E-state index contributed by atoms with van der Waals surface area (Å²) in [6, 6.07) is -16.0. The third-order valence-electron chi connectivity index (χ3n) is 17.7. The summed E-state index contributed by atoms with van der Waals surface area (Å²) in [5.41, 5.74) is 23.6. The van der Waals surface area contributed by atoms with Crippen LogP contribution < -0.4 is 97.4 Å². The number of aromatic amines is 1. The van der Waals surface area contributed by atoms with Crippen LogP contribution >= 0.6 is 36.2 Å². The Morgan fingerprint density at radius 1 is 0.424 bits per heavy atom. The average Bonchev–Trinajstić information content (AvgIpc) is 1.67. The van der Waals surface area contributed by atoms with E-state index in [-0.39, 0.29) is 61.4 Å². The molecule has 1 heterocycles. The molecule has 0 bridgehead atoms. The number of thiol groups is 1. The maximum absolute atomic E-state index is 14.8. The van der Waals surface area contributed by atoms with Crippen molar-refractivity contribution in [2.24, 2.45) is 40.7 Å². The Morgan fingerprint density at radius 3 is 1.25 bits per heavy atom. The van der Waals surface area contributed by atoms with Crippen LogP contribution in [0.5, 0.6) is 0 Å². The molecule has 0 spiro atoms. The number of aliphatic hydroxyl groups excluding tert-OH is 2. The second kappa shape index (κ2) is 52.4. The molecule has 1 aromatic carbocycles. The fourth-order valence-electron chi connectivity index (χ4n) is 11.6. The normalized spacial score (nSPS) is 15.3. The number of thioether (sulfide) groups is 2. The average molecular weight is 1730 g/mol. The van der Waals surface area contributed by atoms with Gasteiger partial charge in [0.15, 0.2) is 0 Å². The Kier molecular flexibility index (Phi) is 46.1. The summed E-state index contributed by atoms with van der Waals surface area (Å²) in [4.78, 5) is 259. The van der Waals surface area contributed by atoms with Crippen LogP contribution in [0, 0.1) is 17.8 Å². The summed E-state index contributed by atoms with van der Waals surface area (Å²) in [5, 5.41) is 74.3. The summed E-state index contributed by atoms with van der Waals surface area (Å²) < 4.78 is 0. The smallest absolute Gasteiger partial charge is 0.326 e. The van der Waals surface area contributed by atoms with Crippen molar-refractivity contribution in [3.8, 4) is 0 Å². The molecule has 0 aliphatic rings. The molecule has 42 nitrogen and oxygen atoms in total. The second-order valence-corrected chi connectivity index (χ2v) is 31.8. The minimum Gasteiger partial charge on any atom is -0.481 e. The highest BCUT2D eigenvalue weighted by Gasteiger charge is 2.40. The van der Waals surface area contributed by atoms with Gasteiger partial charge in [-0.1, -0.05) is 59.7 Å². The number of H-pyrrole nitrogens is 1. The Labute approximate surface area is 696 Å². The maximum atomic E-state index is 14.8. The van der Waals surface area contributed by atoms with Gasteiger partial charge in [0, 0.05) is 42.1 Å². The monoisotopic (exact) mass is 1720 g/mol. The number of aliphatic carboxylic acids is 2. The zero-order chi connectivity index (χ0) is 89.5. The van der Waals surface area contributed by atoms with Gasteiger partial charge in [0.1, 0.15) is 78.5 Å². The first-order chi connectivity index (χ1) is 55.2. The molecule has 0 radical (unpaired) electrons. The fourth-order valence-corrected chi connectivity index (χ4v) is 12.8. The zero-order valence-corrected chi connectivity index (χ0v) is 70.3. The Bertz CT molecular complexity index is 3830. The lowest BCUT2D eigenvalue weighted by Gasteiger charge is -2.29. The van der Waals surface area contributed by atoms with E-state index in [2.05, 4.69) is 92.0 Å². The van der Waals surface area contributed by atoms with Gasteiger partial charge >= 0.3 is 11.9 Å². The summed E-state index contributed by atoms with van der Waals surface area (Å²) in [6.07, 6.45) is -3.33. The van der Waals surface area contributed by atoms with Gasteiger partial charge in [-0.3, -0.25) is 86.3 Å². The molecule has 0 saturated carbocycles. The molecule has 0 aliphatic heterocycles. The number of hydrogen-bond donors (Lipinski definition) is 24. The molecule has 118 heavy (non-hydrogen) atoms. The number of para-hydroxylation sites is 1. The summed E-state index contributed by atoms with van der Waals surface area (Å²) >= 11 is 6.63. The highest BCUT2D eigenvalue weighted by molar-refractivity contribution is 7.98. The van der Waals surface area contributed by atoms with Gasteiger partial charge in [0.25, 0.3) is 0 Å². The minimum absolute atomic E-state index is 0.0246. The first kappa shape index (κ1) is 104. The number of nitrogens with two attached hydrogens (primary N) is 4. The summed E-state index contributed by atoms with van der Waals surface area (Å²) in [7, 11) is 0. The van der Waals surface area contributed by atoms with Gasteiger partial charge in [0.2, 0.25) is 100 Å². The number of fused-ring (bicyclic) bond motifs is 1. The number of rotatable bonds is 56. The van der Waals surface area contributed by atoms with E-state index in [9.17, 15) is 112 Å². The second-order valence-electron chi connectivity index (χ2n) is 29.5. The van der Waals surface area contributed by atoms with E-state index < -0.39 is 266 Å². The molecule has 17 amide bonds. The van der Waals surface area contributed by atoms with Crippen LogP contribution in [-0.2, 0) is 97.5 Å². The van der Waals surface area contributed by atoms with Gasteiger partial charge < -0.3 is 123 Å². The van der Waals surface area contributed by atoms with E-state index in [4.69, 9.17) is 22.9 Å². The zero-order valence-electron chi connectivity index (χ0n) is 67.8. The van der Waals surface area contributed by atoms with Crippen LogP contribution in [0.15, 0.2) is 30.5 Å². The molecule has 1 aromatic heterocycles. The molecule has 0 aliphatic carbocycles. The van der Waals surface area contributed by atoms with Crippen molar-refractivity contribution < 1.29 is 112 Å². The number of aliphatic hydroxyl groups is 2. The highest BCUT2D eigenvalue weighted by Crippen LogP contribution is 2.21. The van der Waals surface area contributed by atoms with Crippen molar-refractivity contribution in [3.63, 3.8) is 0 Å². The first-order valence-corrected chi connectivity index (χ1v) is 41.4. The number of amides is 17. The SMILES string of the molecule is CSCC[C@H](NC(=O)[C@H](CCC(N)=O)NC(=O)[C@H](CC(N)=O)NC(=O)[C@H](Cc1c[nH]c2ccccc12)NC(=O)[C@@H](NC(=O)[C@H](CCSC)NC(=O)[C@H](CS)NC(=O)[C@H](CCC(=O)O)NC(=O)[C@@H](N)CC(C)C)[C@@H](C)O)C(=O)N[C@@H](CC(N)=O)C(=O)N[C@@H](CC(C)C)C(=O)NCC(=O)N[C@@H](C)C(=O)N[C@H](C(=O)N[C@@H](CC(C)C)C(=O)O)[C@@H](C)O. The molecule has 2 rings (SSSR count). The van der Waals surface area contributed by atoms with Crippen molar-refractivity contribution in [2.75, 3.05) is 36.3 Å². The molecule has 0 unspecified atom stereocenters. The largest absolute Gasteiger partial charge is 0.481 e. The van der Waals surface area contributed by atoms with E-state index in [0.717, 1.165) is 13.8 Å². The van der Waals surface area contributed by atoms with Crippen LogP contribution in [0.25, 0.3) is 10.9 Å². The topological polar surface area (TPSA) is 694 Å². The number of carbonyl (C=O) groups excluding carboxylic acids is 17. The third-order valence-corrected chi connectivity index (χ3v) is 19.4. The third kappa shape index (κ3) is 37.9. The van der Waals surface area contributed by atoms with E-state index in [1.807, 2.05) is 0 Å². The molecule has 0 fully saturated rings. The highest BCUT2D eigenvalue weighted by atomic mass is 32.2. The molecular weight excluding hydrogens is 1610 g/mol. The Hall–Kier alpha value is -10.4. The van der Waals surface area contributed by atoms with Gasteiger partial charge in [-0.05, 0) is 119 Å². The molecule has 0 saturated heterocycles. The van der Waals surface area contributed by atoms with Gasteiger partial charge in [-0.2, -0.15) is 36.2 Å². The van der Waals surface area contributed by atoms with Crippen LogP contribution in [0.3, 0.4) is 0 Å². The van der Waals surface area contributed by atoms with Gasteiger partial charge in [0.05, 0.1) is 37.6 Å². The number of hydrogen-bond acceptors (Lipinski definition) is 25. The molecular formula is C73H117N19O23S3. The molecule has 27 N–H and O–H groups in total. The van der Waals surface area contributed by atoms with Crippen molar-refractivity contribution in [1.82, 2.24) is 79.4 Å². The lowest BCUT2D eigenvalue weighted by Crippen LogP contribution is -2.62. The van der Waals surface area contributed by atoms with E-state index in [1.165, 1.54) is 36.6 Å². The van der Waals surface area contributed by atoms with Crippen molar-refractivity contribution in [1.29, 1.82) is 0 Å². The number of carboxylic acid groups (broad SMARTS) is 2. The number of primary amides is 3. The lowest BCUT2D eigenvalue weighted by molar-refractivity contribution is -0.143. The predicted molar refractivity (Wildman–Crippen MR) is 436 cm³/mol. The fraction of sp³-hybridized carbons (Fsp3) is 0.630. The van der Waals surface area contributed by atoms with Crippen LogP contribution in [0.4, 0.5) is 0 Å². The number of nitrogens with one attached hydrogen (secondary N) is 15. The van der Waals surface area contributed by atoms with Crippen LogP contribution in [0.1, 0.15) is 139 Å². The number of carboxylic acids is 2. The number of carbonyl (C=O) groups is 19. The van der Waals surface area contributed by atoms with E-state index in [0.29, 0.717) is 16.5 Å². The molecule has 16 atom stereocenters. The van der Waals surface area contributed by atoms with E-state index in [1.54, 1.807) is 78.3 Å².